The molecular formula is C24H23N3O3S. The predicted octanol–water partition coefficient (Wildman–Crippen LogP) is 5.15. The zero-order valence-corrected chi connectivity index (χ0v) is 18.2. The summed E-state index contributed by atoms with van der Waals surface area (Å²) in [6.45, 7) is 5.20. The minimum atomic E-state index is -0.485. The fourth-order valence-corrected chi connectivity index (χ4v) is 3.34. The number of aryl methyl sites for hydroxylation is 2. The third-order valence-electron chi connectivity index (χ3n) is 4.35. The molecule has 6 nitrogen and oxygen atoms in total. The van der Waals surface area contributed by atoms with E-state index in [9.17, 15) is 10.1 Å². The SMILES string of the molecule is Cc1ccc(OCCCOc2ccc(/C=C(/C#N)C(=O)Nc3nccs3)cc2)c(C)c1. The molecule has 1 aromatic heterocycles. The molecule has 2 aromatic carbocycles. The van der Waals surface area contributed by atoms with Crippen LogP contribution in [0.5, 0.6) is 11.5 Å². The number of nitrogens with zero attached hydrogens (tertiary/aromatic N) is 2. The van der Waals surface area contributed by atoms with Gasteiger partial charge in [0, 0.05) is 18.0 Å². The molecule has 3 rings (SSSR count). The fraction of sp³-hybridized carbons (Fsp3) is 0.208. The van der Waals surface area contributed by atoms with Gasteiger partial charge in [0.15, 0.2) is 5.13 Å². The monoisotopic (exact) mass is 433 g/mol. The first-order valence-corrected chi connectivity index (χ1v) is 10.7. The predicted molar refractivity (Wildman–Crippen MR) is 122 cm³/mol. The van der Waals surface area contributed by atoms with Gasteiger partial charge in [0.2, 0.25) is 0 Å². The van der Waals surface area contributed by atoms with Gasteiger partial charge in [-0.15, -0.1) is 11.3 Å². The number of carbonyl (C=O) groups is 1. The van der Waals surface area contributed by atoms with Gasteiger partial charge in [0.1, 0.15) is 23.1 Å². The minimum Gasteiger partial charge on any atom is -0.493 e. The molecule has 0 bridgehead atoms. The average Bonchev–Trinajstić information content (AvgIpc) is 3.27. The molecule has 0 aliphatic heterocycles. The molecule has 1 amide bonds. The van der Waals surface area contributed by atoms with Crippen LogP contribution in [0, 0.1) is 25.2 Å². The molecule has 0 radical (unpaired) electrons. The van der Waals surface area contributed by atoms with Gasteiger partial charge in [-0.2, -0.15) is 5.26 Å². The molecule has 7 heteroatoms. The molecule has 0 atom stereocenters. The molecule has 0 spiro atoms. The highest BCUT2D eigenvalue weighted by Gasteiger charge is 2.10. The maximum atomic E-state index is 12.2. The topological polar surface area (TPSA) is 84.2 Å². The number of amides is 1. The zero-order valence-electron chi connectivity index (χ0n) is 17.4. The van der Waals surface area contributed by atoms with Crippen LogP contribution in [0.25, 0.3) is 6.08 Å². The summed E-state index contributed by atoms with van der Waals surface area (Å²) in [6.07, 6.45) is 3.87. The third-order valence-corrected chi connectivity index (χ3v) is 5.04. The van der Waals surface area contributed by atoms with Crippen molar-refractivity contribution in [3.63, 3.8) is 0 Å². The molecule has 31 heavy (non-hydrogen) atoms. The maximum absolute atomic E-state index is 12.2. The van der Waals surface area contributed by atoms with Crippen LogP contribution < -0.4 is 14.8 Å². The van der Waals surface area contributed by atoms with Crippen LogP contribution >= 0.6 is 11.3 Å². The Morgan fingerprint density at radius 2 is 1.94 bits per heavy atom. The molecule has 0 aliphatic rings. The number of ether oxygens (including phenoxy) is 2. The zero-order chi connectivity index (χ0) is 22.1. The van der Waals surface area contributed by atoms with Gasteiger partial charge >= 0.3 is 0 Å². The summed E-state index contributed by atoms with van der Waals surface area (Å²) in [5.74, 6) is 1.13. The third kappa shape index (κ3) is 6.69. The molecular weight excluding hydrogens is 410 g/mol. The highest BCUT2D eigenvalue weighted by Crippen LogP contribution is 2.19. The molecule has 0 unspecified atom stereocenters. The first kappa shape index (κ1) is 22.1. The Hall–Kier alpha value is -3.63. The van der Waals surface area contributed by atoms with Crippen LogP contribution in [-0.4, -0.2) is 24.1 Å². The molecule has 0 aliphatic carbocycles. The van der Waals surface area contributed by atoms with Crippen molar-refractivity contribution in [1.82, 2.24) is 4.98 Å². The summed E-state index contributed by atoms with van der Waals surface area (Å²) in [6, 6.07) is 15.3. The highest BCUT2D eigenvalue weighted by molar-refractivity contribution is 7.13. The summed E-state index contributed by atoms with van der Waals surface area (Å²) < 4.78 is 11.6. The molecule has 1 heterocycles. The van der Waals surface area contributed by atoms with Crippen molar-refractivity contribution in [2.24, 2.45) is 0 Å². The van der Waals surface area contributed by atoms with Crippen LogP contribution in [0.4, 0.5) is 5.13 Å². The van der Waals surface area contributed by atoms with Gasteiger partial charge in [-0.1, -0.05) is 29.8 Å². The van der Waals surface area contributed by atoms with Crippen LogP contribution in [-0.2, 0) is 4.79 Å². The van der Waals surface area contributed by atoms with E-state index in [2.05, 4.69) is 23.3 Å². The summed E-state index contributed by atoms with van der Waals surface area (Å²) in [5, 5.41) is 14.1. The molecule has 3 aromatic rings. The smallest absolute Gasteiger partial charge is 0.268 e. The largest absolute Gasteiger partial charge is 0.493 e. The van der Waals surface area contributed by atoms with Crippen molar-refractivity contribution >= 4 is 28.5 Å². The molecule has 0 saturated heterocycles. The lowest BCUT2D eigenvalue weighted by atomic mass is 10.1. The number of thiazole rings is 1. The van der Waals surface area contributed by atoms with E-state index in [1.807, 2.05) is 37.3 Å². The standard InChI is InChI=1S/C24H23N3O3S/c1-17-4-9-22(18(2)14-17)30-12-3-11-29-21-7-5-19(6-8-21)15-20(16-25)23(28)27-24-26-10-13-31-24/h4-10,13-15H,3,11-12H2,1-2H3,(H,26,27,28)/b20-15-. The second-order valence-corrected chi connectivity index (χ2v) is 7.74. The van der Waals surface area contributed by atoms with Crippen molar-refractivity contribution in [3.8, 4) is 17.6 Å². The normalized spacial score (nSPS) is 10.9. The van der Waals surface area contributed by atoms with Crippen molar-refractivity contribution in [2.45, 2.75) is 20.3 Å². The van der Waals surface area contributed by atoms with E-state index in [1.54, 1.807) is 23.7 Å². The van der Waals surface area contributed by atoms with E-state index < -0.39 is 5.91 Å². The van der Waals surface area contributed by atoms with Gasteiger partial charge < -0.3 is 9.47 Å². The first-order valence-electron chi connectivity index (χ1n) is 9.81. The number of carbonyl (C=O) groups excluding carboxylic acids is 1. The molecule has 0 fully saturated rings. The minimum absolute atomic E-state index is 0.00687. The number of rotatable bonds is 9. The number of aromatic nitrogens is 1. The lowest BCUT2D eigenvalue weighted by Crippen LogP contribution is -2.13. The van der Waals surface area contributed by atoms with Gasteiger partial charge in [-0.25, -0.2) is 4.98 Å². The van der Waals surface area contributed by atoms with Gasteiger partial charge in [0.05, 0.1) is 13.2 Å². The lowest BCUT2D eigenvalue weighted by molar-refractivity contribution is -0.112. The Labute approximate surface area is 185 Å². The van der Waals surface area contributed by atoms with Crippen molar-refractivity contribution in [3.05, 3.63) is 76.3 Å². The first-order chi connectivity index (χ1) is 15.0. The molecule has 1 N–H and O–H groups in total. The van der Waals surface area contributed by atoms with E-state index >= 15 is 0 Å². The Kier molecular flexibility index (Phi) is 7.79. The van der Waals surface area contributed by atoms with Gasteiger partial charge in [-0.3, -0.25) is 10.1 Å². The van der Waals surface area contributed by atoms with E-state index in [-0.39, 0.29) is 5.57 Å². The lowest BCUT2D eigenvalue weighted by Gasteiger charge is -2.10. The second-order valence-electron chi connectivity index (χ2n) is 6.85. The molecule has 158 valence electrons. The Balaban J connectivity index is 1.46. The van der Waals surface area contributed by atoms with E-state index in [4.69, 9.17) is 9.47 Å². The van der Waals surface area contributed by atoms with E-state index in [0.29, 0.717) is 18.3 Å². The van der Waals surface area contributed by atoms with Crippen LogP contribution in [0.2, 0.25) is 0 Å². The number of nitrogens with one attached hydrogen (secondary N) is 1. The van der Waals surface area contributed by atoms with Crippen molar-refractivity contribution < 1.29 is 14.3 Å². The highest BCUT2D eigenvalue weighted by atomic mass is 32.1. The number of hydrogen-bond donors (Lipinski definition) is 1. The van der Waals surface area contributed by atoms with Crippen LogP contribution in [0.3, 0.4) is 0 Å². The Bertz CT molecular complexity index is 1080. The second kappa shape index (κ2) is 11.0. The Morgan fingerprint density at radius 1 is 1.16 bits per heavy atom. The van der Waals surface area contributed by atoms with Crippen molar-refractivity contribution in [1.29, 1.82) is 5.26 Å². The number of benzene rings is 2. The summed E-state index contributed by atoms with van der Waals surface area (Å²) in [7, 11) is 0. The van der Waals surface area contributed by atoms with Crippen LogP contribution in [0.1, 0.15) is 23.1 Å². The number of nitriles is 1. The van der Waals surface area contributed by atoms with Crippen molar-refractivity contribution in [2.75, 3.05) is 18.5 Å². The van der Waals surface area contributed by atoms with Gasteiger partial charge in [0.25, 0.3) is 5.91 Å². The summed E-state index contributed by atoms with van der Waals surface area (Å²) in [5.41, 5.74) is 3.08. The Morgan fingerprint density at radius 3 is 2.61 bits per heavy atom. The quantitative estimate of drug-likeness (QED) is 0.286. The number of hydrogen-bond acceptors (Lipinski definition) is 6. The van der Waals surface area contributed by atoms with E-state index in [1.165, 1.54) is 23.0 Å². The fourth-order valence-electron chi connectivity index (χ4n) is 2.82. The molecule has 0 saturated carbocycles. The maximum Gasteiger partial charge on any atom is 0.268 e. The van der Waals surface area contributed by atoms with Gasteiger partial charge in [-0.05, 0) is 49.2 Å². The van der Waals surface area contributed by atoms with Crippen LogP contribution in [0.15, 0.2) is 59.6 Å². The summed E-state index contributed by atoms with van der Waals surface area (Å²) >= 11 is 1.29. The van der Waals surface area contributed by atoms with E-state index in [0.717, 1.165) is 29.0 Å². The average molecular weight is 434 g/mol. The number of anilines is 1. The summed E-state index contributed by atoms with van der Waals surface area (Å²) in [4.78, 5) is 16.2.